The second-order valence-electron chi connectivity index (χ2n) is 10.9. The van der Waals surface area contributed by atoms with E-state index in [4.69, 9.17) is 17.5 Å². The molecule has 220 valence electrons. The number of thiophene rings is 2. The molecule has 0 bridgehead atoms. The zero-order chi connectivity index (χ0) is 30.9. The van der Waals surface area contributed by atoms with Gasteiger partial charge in [0.2, 0.25) is 0 Å². The van der Waals surface area contributed by atoms with Crippen LogP contribution in [0.1, 0.15) is 54.9 Å². The first-order chi connectivity index (χ1) is 22.1. The normalized spacial score (nSPS) is 11.8. The summed E-state index contributed by atoms with van der Waals surface area (Å²) in [6.07, 6.45) is 5.76. The quantitative estimate of drug-likeness (QED) is 0.144. The van der Waals surface area contributed by atoms with Gasteiger partial charge in [-0.2, -0.15) is 28.0 Å². The van der Waals surface area contributed by atoms with Gasteiger partial charge in [0.1, 0.15) is 22.4 Å². The molecule has 1 aliphatic rings. The number of rotatable bonds is 9. The van der Waals surface area contributed by atoms with E-state index in [9.17, 15) is 10.5 Å². The Hall–Kier alpha value is -4.32. The third kappa shape index (κ3) is 5.45. The van der Waals surface area contributed by atoms with Gasteiger partial charge >= 0.3 is 0 Å². The minimum atomic E-state index is 0.648. The van der Waals surface area contributed by atoms with Crippen LogP contribution in [0.4, 0.5) is 11.4 Å². The number of hydrogen-bond donors (Lipinski definition) is 0. The third-order valence-corrected chi connectivity index (χ3v) is 11.6. The number of nitrogens with zero attached hydrogens (tertiary/aromatic N) is 6. The number of unbranched alkanes of at least 4 members (excludes halogenated alkanes) is 3. The molecule has 0 amide bonds. The molecular formula is C35H26N6S4. The second kappa shape index (κ2) is 12.6. The number of nitriles is 2. The average molecular weight is 659 g/mol. The molecule has 1 aliphatic heterocycles. The summed E-state index contributed by atoms with van der Waals surface area (Å²) < 4.78 is 19.4. The van der Waals surface area contributed by atoms with Crippen LogP contribution in [0.3, 0.4) is 0 Å². The molecule has 0 aliphatic carbocycles. The Bertz CT molecular complexity index is 2220. The molecule has 0 radical (unpaired) electrons. The molecule has 0 N–H and O–H groups in total. The van der Waals surface area contributed by atoms with E-state index in [0.29, 0.717) is 11.1 Å². The Morgan fingerprint density at radius 2 is 1.24 bits per heavy atom. The first kappa shape index (κ1) is 29.4. The smallest absolute Gasteiger partial charge is 0.116 e. The van der Waals surface area contributed by atoms with Gasteiger partial charge in [-0.3, -0.25) is 0 Å². The Balaban J connectivity index is 1.36. The topological polar surface area (TPSA) is 98.1 Å². The summed E-state index contributed by atoms with van der Waals surface area (Å²) in [6.45, 7) is 4.35. The fourth-order valence-corrected chi connectivity index (χ4v) is 9.34. The van der Waals surface area contributed by atoms with E-state index in [-0.39, 0.29) is 0 Å². The maximum absolute atomic E-state index is 9.35. The lowest BCUT2D eigenvalue weighted by atomic mass is 9.98. The Kier molecular flexibility index (Phi) is 8.22. The number of aryl methyl sites for hydroxylation is 2. The van der Waals surface area contributed by atoms with E-state index in [0.717, 1.165) is 77.7 Å². The maximum atomic E-state index is 9.35. The van der Waals surface area contributed by atoms with Crippen molar-refractivity contribution in [3.8, 4) is 53.9 Å². The molecule has 45 heavy (non-hydrogen) atoms. The van der Waals surface area contributed by atoms with Gasteiger partial charge in [-0.1, -0.05) is 50.5 Å². The molecule has 3 aromatic heterocycles. The molecule has 7 rings (SSSR count). The summed E-state index contributed by atoms with van der Waals surface area (Å²) in [6, 6.07) is 24.6. The monoisotopic (exact) mass is 658 g/mol. The summed E-state index contributed by atoms with van der Waals surface area (Å²) in [5.74, 6) is 0. The zero-order valence-electron chi connectivity index (χ0n) is 24.6. The molecule has 3 aromatic carbocycles. The fourth-order valence-electron chi connectivity index (χ4n) is 5.73. The van der Waals surface area contributed by atoms with E-state index < -0.39 is 0 Å². The Morgan fingerprint density at radius 1 is 0.689 bits per heavy atom. The van der Waals surface area contributed by atoms with Crippen molar-refractivity contribution in [3.05, 3.63) is 82.9 Å². The highest BCUT2D eigenvalue weighted by molar-refractivity contribution is 7.58. The van der Waals surface area contributed by atoms with Crippen LogP contribution in [0.25, 0.3) is 52.8 Å². The van der Waals surface area contributed by atoms with Crippen molar-refractivity contribution in [2.24, 2.45) is 8.73 Å². The largest absolute Gasteiger partial charge is 0.192 e. The van der Waals surface area contributed by atoms with Crippen molar-refractivity contribution in [1.82, 2.24) is 8.75 Å². The molecule has 0 saturated carbocycles. The van der Waals surface area contributed by atoms with Crippen molar-refractivity contribution in [2.45, 2.75) is 46.0 Å². The van der Waals surface area contributed by atoms with Gasteiger partial charge < -0.3 is 0 Å². The molecule has 0 spiro atoms. The van der Waals surface area contributed by atoms with Crippen molar-refractivity contribution >= 4 is 68.2 Å². The Labute approximate surface area is 277 Å². The van der Waals surface area contributed by atoms with Crippen LogP contribution in [-0.4, -0.2) is 8.75 Å². The summed E-state index contributed by atoms with van der Waals surface area (Å²) in [7, 11) is 0. The lowest BCUT2D eigenvalue weighted by Crippen LogP contribution is -1.87. The van der Waals surface area contributed by atoms with Crippen LogP contribution < -0.4 is 0 Å². The maximum Gasteiger partial charge on any atom is 0.116 e. The third-order valence-electron chi connectivity index (χ3n) is 8.00. The predicted molar refractivity (Wildman–Crippen MR) is 188 cm³/mol. The van der Waals surface area contributed by atoms with Crippen LogP contribution in [0.15, 0.2) is 69.4 Å². The SMILES string of the molecule is CCCCCCc1cc(-c2c3c(c(-c4cc(C)c(-c5ccc(C#N)cc5)s4)c4nsnc24)N=S=N3)sc1-c1ccc(C#N)cc1. The molecule has 6 nitrogen and oxygen atoms in total. The second-order valence-corrected chi connectivity index (χ2v) is 14.1. The summed E-state index contributed by atoms with van der Waals surface area (Å²) in [5, 5.41) is 18.6. The van der Waals surface area contributed by atoms with Crippen molar-refractivity contribution in [3.63, 3.8) is 0 Å². The number of hydrogen-bond acceptors (Lipinski definition) is 9. The van der Waals surface area contributed by atoms with Crippen LogP contribution in [0.2, 0.25) is 0 Å². The van der Waals surface area contributed by atoms with Crippen LogP contribution >= 0.6 is 34.4 Å². The van der Waals surface area contributed by atoms with Gasteiger partial charge in [-0.25, -0.2) is 0 Å². The molecule has 0 saturated heterocycles. The van der Waals surface area contributed by atoms with Gasteiger partial charge in [-0.15, -0.1) is 22.7 Å². The van der Waals surface area contributed by atoms with E-state index in [1.165, 1.54) is 52.8 Å². The molecule has 10 heteroatoms. The molecular weight excluding hydrogens is 633 g/mol. The number of benzene rings is 3. The lowest BCUT2D eigenvalue weighted by Gasteiger charge is -2.09. The number of fused-ring (bicyclic) bond motifs is 2. The van der Waals surface area contributed by atoms with Crippen LogP contribution in [0.5, 0.6) is 0 Å². The Morgan fingerprint density at radius 3 is 1.82 bits per heavy atom. The van der Waals surface area contributed by atoms with Crippen LogP contribution in [0, 0.1) is 29.6 Å². The van der Waals surface area contributed by atoms with E-state index in [2.05, 4.69) is 50.3 Å². The molecule has 0 atom stereocenters. The van der Waals surface area contributed by atoms with E-state index >= 15 is 0 Å². The summed E-state index contributed by atoms with van der Waals surface area (Å²) in [4.78, 5) is 4.57. The standard InChI is InChI=1S/C35H26N6S4/c1-3-4-5-6-7-25-17-27(43-35(25)24-14-10-22(19-37)11-15-24)29-32-30(38-44-40-32)28(31-33(29)41-45-39-31)26-16-20(2)34(42-26)23-12-8-21(18-36)9-13-23/h8-17H,3-7H2,1-2H3. The fraction of sp³-hybridized carbons (Fsp3) is 0.200. The highest BCUT2D eigenvalue weighted by atomic mass is 32.1. The summed E-state index contributed by atoms with van der Waals surface area (Å²) >= 11 is 5.91. The van der Waals surface area contributed by atoms with Gasteiger partial charge in [0.25, 0.3) is 0 Å². The minimum absolute atomic E-state index is 0.648. The molecule has 0 unspecified atom stereocenters. The van der Waals surface area contributed by atoms with Gasteiger partial charge in [-0.05, 0) is 78.4 Å². The van der Waals surface area contributed by atoms with Gasteiger partial charge in [0.05, 0.1) is 46.3 Å². The zero-order valence-corrected chi connectivity index (χ0v) is 27.9. The van der Waals surface area contributed by atoms with Crippen molar-refractivity contribution < 1.29 is 0 Å². The lowest BCUT2D eigenvalue weighted by molar-refractivity contribution is 0.668. The average Bonchev–Trinajstić information content (AvgIpc) is 3.89. The van der Waals surface area contributed by atoms with E-state index in [1.54, 1.807) is 22.7 Å². The highest BCUT2D eigenvalue weighted by Gasteiger charge is 2.29. The predicted octanol–water partition coefficient (Wildman–Crippen LogP) is 11.4. The molecule has 4 heterocycles. The van der Waals surface area contributed by atoms with Crippen LogP contribution in [-0.2, 0) is 17.8 Å². The van der Waals surface area contributed by atoms with Gasteiger partial charge in [0.15, 0.2) is 0 Å². The van der Waals surface area contributed by atoms with Crippen molar-refractivity contribution in [1.29, 1.82) is 10.5 Å². The summed E-state index contributed by atoms with van der Waals surface area (Å²) in [5.41, 5.74) is 11.4. The highest BCUT2D eigenvalue weighted by Crippen LogP contribution is 2.55. The first-order valence-electron chi connectivity index (χ1n) is 14.7. The molecule has 6 aromatic rings. The van der Waals surface area contributed by atoms with Crippen molar-refractivity contribution in [2.75, 3.05) is 0 Å². The molecule has 0 fully saturated rings. The first-order valence-corrected chi connectivity index (χ1v) is 17.8. The number of aromatic nitrogens is 2. The minimum Gasteiger partial charge on any atom is -0.192 e. The van der Waals surface area contributed by atoms with Gasteiger partial charge in [0, 0.05) is 30.6 Å². The van der Waals surface area contributed by atoms with E-state index in [1.807, 2.05) is 36.4 Å².